The van der Waals surface area contributed by atoms with Gasteiger partial charge in [0.1, 0.15) is 0 Å². The summed E-state index contributed by atoms with van der Waals surface area (Å²) in [5.41, 5.74) is 5.78. The van der Waals surface area contributed by atoms with Crippen LogP contribution in [0, 0.1) is 0 Å². The molecule has 3 rings (SSSR count). The van der Waals surface area contributed by atoms with Gasteiger partial charge in [0, 0.05) is 18.2 Å². The molecule has 0 spiro atoms. The molecule has 0 amide bonds. The molecular formula is C19H20N2. The molecule has 106 valence electrons. The number of nitrogens with zero attached hydrogens (tertiary/aromatic N) is 1. The molecule has 0 fully saturated rings. The Hall–Kier alpha value is -2.35. The standard InChI is InChI=1S/C19H20N2/c1-19(2)16-6-4-5-7-17(16)21-18(19)13-10-14-8-11-15(20-3)12-9-14/h4-13,20H,1-3H3. The van der Waals surface area contributed by atoms with E-state index in [-0.39, 0.29) is 5.41 Å². The van der Waals surface area contributed by atoms with E-state index in [4.69, 9.17) is 4.99 Å². The van der Waals surface area contributed by atoms with Crippen molar-refractivity contribution in [1.82, 2.24) is 0 Å². The van der Waals surface area contributed by atoms with E-state index in [2.05, 4.69) is 73.8 Å². The second-order valence-electron chi connectivity index (χ2n) is 5.84. The first-order valence-corrected chi connectivity index (χ1v) is 7.26. The van der Waals surface area contributed by atoms with Crippen LogP contribution in [0.3, 0.4) is 0 Å². The van der Waals surface area contributed by atoms with Gasteiger partial charge in [-0.1, -0.05) is 50.3 Å². The highest BCUT2D eigenvalue weighted by Crippen LogP contribution is 2.40. The molecule has 1 heterocycles. The number of hydrogen-bond acceptors (Lipinski definition) is 2. The molecule has 1 N–H and O–H groups in total. The van der Waals surface area contributed by atoms with Crippen molar-refractivity contribution in [2.24, 2.45) is 4.99 Å². The average Bonchev–Trinajstić information content (AvgIpc) is 2.77. The second kappa shape index (κ2) is 5.21. The lowest BCUT2D eigenvalue weighted by Gasteiger charge is -2.20. The first kappa shape index (κ1) is 13.6. The third-order valence-electron chi connectivity index (χ3n) is 4.09. The molecule has 1 aliphatic heterocycles. The average molecular weight is 276 g/mol. The Morgan fingerprint density at radius 3 is 2.33 bits per heavy atom. The highest BCUT2D eigenvalue weighted by molar-refractivity contribution is 6.10. The second-order valence-corrected chi connectivity index (χ2v) is 5.84. The fraction of sp³-hybridized carbons (Fsp3) is 0.211. The predicted octanol–water partition coefficient (Wildman–Crippen LogP) is 4.81. The Labute approximate surface area is 126 Å². The molecule has 0 aromatic heterocycles. The molecule has 0 unspecified atom stereocenters. The van der Waals surface area contributed by atoms with E-state index < -0.39 is 0 Å². The Morgan fingerprint density at radius 2 is 1.67 bits per heavy atom. The van der Waals surface area contributed by atoms with Crippen LogP contribution in [0.25, 0.3) is 6.08 Å². The van der Waals surface area contributed by atoms with Crippen LogP contribution in [0.2, 0.25) is 0 Å². The van der Waals surface area contributed by atoms with Crippen molar-refractivity contribution in [1.29, 1.82) is 0 Å². The molecule has 2 aromatic carbocycles. The lowest BCUT2D eigenvalue weighted by molar-refractivity contribution is 0.740. The number of nitrogens with one attached hydrogen (secondary N) is 1. The van der Waals surface area contributed by atoms with Crippen LogP contribution < -0.4 is 5.32 Å². The summed E-state index contributed by atoms with van der Waals surface area (Å²) >= 11 is 0. The van der Waals surface area contributed by atoms with E-state index in [0.717, 1.165) is 17.1 Å². The quantitative estimate of drug-likeness (QED) is 0.855. The summed E-state index contributed by atoms with van der Waals surface area (Å²) in [7, 11) is 1.93. The number of benzene rings is 2. The van der Waals surface area contributed by atoms with Gasteiger partial charge in [0.05, 0.1) is 11.4 Å². The number of anilines is 1. The Bertz CT molecular complexity index is 707. The molecule has 0 bridgehead atoms. The van der Waals surface area contributed by atoms with Crippen molar-refractivity contribution in [2.75, 3.05) is 12.4 Å². The maximum absolute atomic E-state index is 4.77. The van der Waals surface area contributed by atoms with Crippen molar-refractivity contribution >= 4 is 23.2 Å². The van der Waals surface area contributed by atoms with Gasteiger partial charge in [-0.3, -0.25) is 4.99 Å². The van der Waals surface area contributed by atoms with Gasteiger partial charge < -0.3 is 5.32 Å². The van der Waals surface area contributed by atoms with E-state index in [9.17, 15) is 0 Å². The first-order chi connectivity index (χ1) is 10.1. The van der Waals surface area contributed by atoms with Crippen molar-refractivity contribution in [3.8, 4) is 0 Å². The van der Waals surface area contributed by atoms with Crippen molar-refractivity contribution in [3.63, 3.8) is 0 Å². The van der Waals surface area contributed by atoms with Crippen LogP contribution in [0.15, 0.2) is 59.6 Å². The maximum atomic E-state index is 4.77. The zero-order valence-corrected chi connectivity index (χ0v) is 12.7. The minimum atomic E-state index is -0.0298. The van der Waals surface area contributed by atoms with Gasteiger partial charge >= 0.3 is 0 Å². The van der Waals surface area contributed by atoms with Gasteiger partial charge in [-0.2, -0.15) is 0 Å². The summed E-state index contributed by atoms with van der Waals surface area (Å²) in [6.45, 7) is 4.46. The molecule has 0 saturated heterocycles. The molecule has 2 aromatic rings. The van der Waals surface area contributed by atoms with Crippen LogP contribution >= 0.6 is 0 Å². The molecule has 0 radical (unpaired) electrons. The fourth-order valence-corrected chi connectivity index (χ4v) is 2.69. The molecule has 0 aliphatic carbocycles. The maximum Gasteiger partial charge on any atom is 0.0674 e. The molecule has 2 nitrogen and oxygen atoms in total. The highest BCUT2D eigenvalue weighted by atomic mass is 14.8. The molecule has 2 heteroatoms. The molecular weight excluding hydrogens is 256 g/mol. The van der Waals surface area contributed by atoms with Crippen LogP contribution in [-0.4, -0.2) is 12.8 Å². The van der Waals surface area contributed by atoms with Crippen molar-refractivity contribution < 1.29 is 0 Å². The number of hydrogen-bond donors (Lipinski definition) is 1. The van der Waals surface area contributed by atoms with E-state index in [1.54, 1.807) is 0 Å². The van der Waals surface area contributed by atoms with Crippen LogP contribution in [0.1, 0.15) is 25.0 Å². The smallest absolute Gasteiger partial charge is 0.0674 e. The van der Waals surface area contributed by atoms with Gasteiger partial charge in [0.15, 0.2) is 0 Å². The molecule has 0 saturated carbocycles. The Morgan fingerprint density at radius 1 is 0.952 bits per heavy atom. The van der Waals surface area contributed by atoms with Gasteiger partial charge in [-0.05, 0) is 35.4 Å². The highest BCUT2D eigenvalue weighted by Gasteiger charge is 2.32. The van der Waals surface area contributed by atoms with E-state index in [1.165, 1.54) is 11.1 Å². The van der Waals surface area contributed by atoms with Gasteiger partial charge in [-0.25, -0.2) is 0 Å². The summed E-state index contributed by atoms with van der Waals surface area (Å²) in [5.74, 6) is 0. The van der Waals surface area contributed by atoms with Crippen LogP contribution in [0.5, 0.6) is 0 Å². The fourth-order valence-electron chi connectivity index (χ4n) is 2.69. The Balaban J connectivity index is 1.87. The largest absolute Gasteiger partial charge is 0.388 e. The zero-order chi connectivity index (χ0) is 14.9. The Kier molecular flexibility index (Phi) is 3.38. The minimum absolute atomic E-state index is 0.0298. The monoisotopic (exact) mass is 276 g/mol. The number of fused-ring (bicyclic) bond motifs is 1. The molecule has 0 atom stereocenters. The topological polar surface area (TPSA) is 24.4 Å². The van der Waals surface area contributed by atoms with Gasteiger partial charge in [-0.15, -0.1) is 0 Å². The van der Waals surface area contributed by atoms with Crippen LogP contribution in [-0.2, 0) is 5.41 Å². The number of aliphatic imine (C=N–C) groups is 1. The van der Waals surface area contributed by atoms with Gasteiger partial charge in [0.25, 0.3) is 0 Å². The minimum Gasteiger partial charge on any atom is -0.388 e. The van der Waals surface area contributed by atoms with Gasteiger partial charge in [0.2, 0.25) is 0 Å². The van der Waals surface area contributed by atoms with Crippen molar-refractivity contribution in [3.05, 3.63) is 65.7 Å². The predicted molar refractivity (Wildman–Crippen MR) is 91.6 cm³/mol. The number of para-hydroxylation sites is 1. The summed E-state index contributed by atoms with van der Waals surface area (Å²) in [5, 5.41) is 3.13. The molecule has 21 heavy (non-hydrogen) atoms. The van der Waals surface area contributed by atoms with E-state index in [0.29, 0.717) is 0 Å². The third kappa shape index (κ3) is 2.49. The summed E-state index contributed by atoms with van der Waals surface area (Å²) in [4.78, 5) is 4.77. The normalized spacial score (nSPS) is 15.9. The lowest BCUT2D eigenvalue weighted by Crippen LogP contribution is -2.23. The van der Waals surface area contributed by atoms with Crippen LogP contribution in [0.4, 0.5) is 11.4 Å². The summed E-state index contributed by atoms with van der Waals surface area (Å²) < 4.78 is 0. The third-order valence-corrected chi connectivity index (χ3v) is 4.09. The summed E-state index contributed by atoms with van der Waals surface area (Å²) in [6, 6.07) is 16.8. The number of allylic oxidation sites excluding steroid dienone is 1. The van der Waals surface area contributed by atoms with E-state index in [1.807, 2.05) is 13.1 Å². The van der Waals surface area contributed by atoms with E-state index >= 15 is 0 Å². The zero-order valence-electron chi connectivity index (χ0n) is 12.7. The number of rotatable bonds is 3. The van der Waals surface area contributed by atoms with Crippen molar-refractivity contribution in [2.45, 2.75) is 19.3 Å². The SMILES string of the molecule is CNc1ccc(C=CC2=Nc3ccccc3C2(C)C)cc1. The molecule has 1 aliphatic rings. The first-order valence-electron chi connectivity index (χ1n) is 7.26. The lowest BCUT2D eigenvalue weighted by atomic mass is 9.81. The summed E-state index contributed by atoms with van der Waals surface area (Å²) in [6.07, 6.45) is 4.26.